The zero-order valence-electron chi connectivity index (χ0n) is 10.9. The van der Waals surface area contributed by atoms with Crippen LogP contribution in [0.4, 0.5) is 4.39 Å². The minimum atomic E-state index is -4.32. The highest BCUT2D eigenvalue weighted by Crippen LogP contribution is 2.24. The van der Waals surface area contributed by atoms with Crippen molar-refractivity contribution in [2.75, 3.05) is 7.11 Å². The zero-order chi connectivity index (χ0) is 16.4. The molecule has 0 saturated heterocycles. The molecule has 2 N–H and O–H groups in total. The molecule has 0 aromatic heterocycles. The third-order valence-corrected chi connectivity index (χ3v) is 4.33. The number of hydrogen-bond acceptors (Lipinski definition) is 5. The number of carboxylic acid groups (broad SMARTS) is 1. The number of carbonyl (C=O) groups is 2. The van der Waals surface area contributed by atoms with Gasteiger partial charge in [-0.15, -0.1) is 0 Å². The van der Waals surface area contributed by atoms with Gasteiger partial charge >= 0.3 is 11.9 Å². The van der Waals surface area contributed by atoms with Gasteiger partial charge in [-0.05, 0) is 19.1 Å². The summed E-state index contributed by atoms with van der Waals surface area (Å²) in [5.74, 6) is -3.65. The summed E-state index contributed by atoms with van der Waals surface area (Å²) in [4.78, 5) is 21.4. The van der Waals surface area contributed by atoms with Crippen LogP contribution < -0.4 is 4.72 Å². The van der Waals surface area contributed by atoms with E-state index in [0.717, 1.165) is 7.11 Å². The molecule has 0 spiro atoms. The molecular weight excluding hydrogens is 329 g/mol. The predicted octanol–water partition coefficient (Wildman–Crippen LogP) is 1.02. The van der Waals surface area contributed by atoms with Gasteiger partial charge in [-0.2, -0.15) is 4.72 Å². The van der Waals surface area contributed by atoms with Gasteiger partial charge in [-0.1, -0.05) is 11.6 Å². The highest BCUT2D eigenvalue weighted by atomic mass is 35.5. The van der Waals surface area contributed by atoms with Gasteiger partial charge in [-0.3, -0.25) is 4.79 Å². The molecule has 1 aromatic carbocycles. The lowest BCUT2D eigenvalue weighted by atomic mass is 10.2. The maximum absolute atomic E-state index is 13.5. The molecule has 0 aliphatic heterocycles. The number of esters is 1. The Hall–Kier alpha value is -1.71. The zero-order valence-corrected chi connectivity index (χ0v) is 12.5. The van der Waals surface area contributed by atoms with E-state index in [2.05, 4.69) is 4.74 Å². The smallest absolute Gasteiger partial charge is 0.337 e. The largest absolute Gasteiger partial charge is 0.478 e. The van der Waals surface area contributed by atoms with E-state index in [1.807, 2.05) is 4.72 Å². The van der Waals surface area contributed by atoms with Crippen LogP contribution in [0.2, 0.25) is 5.02 Å². The standard InChI is InChI=1S/C11H11ClFNO6S/c1-5(11(17)20-2)14-21(18,19)6-3-7(10(15)16)9(12)8(13)4-6/h3-5,14H,1-2H3,(H,15,16). The van der Waals surface area contributed by atoms with Crippen LogP contribution in [0.3, 0.4) is 0 Å². The van der Waals surface area contributed by atoms with E-state index < -0.39 is 49.3 Å². The van der Waals surface area contributed by atoms with Gasteiger partial charge in [0.2, 0.25) is 10.0 Å². The van der Waals surface area contributed by atoms with Crippen molar-refractivity contribution in [1.29, 1.82) is 0 Å². The first-order valence-corrected chi connectivity index (χ1v) is 7.28. The van der Waals surface area contributed by atoms with Crippen LogP contribution >= 0.6 is 11.6 Å². The Balaban J connectivity index is 3.27. The van der Waals surface area contributed by atoms with E-state index in [-0.39, 0.29) is 0 Å². The number of benzene rings is 1. The van der Waals surface area contributed by atoms with Crippen molar-refractivity contribution in [2.24, 2.45) is 0 Å². The van der Waals surface area contributed by atoms with Gasteiger partial charge in [0.1, 0.15) is 11.9 Å². The molecule has 0 heterocycles. The lowest BCUT2D eigenvalue weighted by Crippen LogP contribution is -2.39. The number of halogens is 2. The molecule has 10 heteroatoms. The molecule has 21 heavy (non-hydrogen) atoms. The Labute approximate surface area is 124 Å². The molecule has 0 bridgehead atoms. The molecule has 1 rings (SSSR count). The Morgan fingerprint density at radius 3 is 2.48 bits per heavy atom. The van der Waals surface area contributed by atoms with Crippen LogP contribution in [0, 0.1) is 5.82 Å². The fraction of sp³-hybridized carbons (Fsp3) is 0.273. The Morgan fingerprint density at radius 2 is 2.00 bits per heavy atom. The average molecular weight is 340 g/mol. The second-order valence-corrected chi connectivity index (χ2v) is 6.03. The maximum Gasteiger partial charge on any atom is 0.337 e. The summed E-state index contributed by atoms with van der Waals surface area (Å²) in [5, 5.41) is 8.14. The minimum Gasteiger partial charge on any atom is -0.478 e. The first-order chi connectivity index (χ1) is 9.60. The molecule has 0 fully saturated rings. The van der Waals surface area contributed by atoms with E-state index in [0.29, 0.717) is 12.1 Å². The molecule has 0 aliphatic rings. The van der Waals surface area contributed by atoms with Crippen LogP contribution in [-0.2, 0) is 19.6 Å². The van der Waals surface area contributed by atoms with Gasteiger partial charge in [-0.25, -0.2) is 17.6 Å². The molecule has 0 aliphatic carbocycles. The highest BCUT2D eigenvalue weighted by Gasteiger charge is 2.25. The van der Waals surface area contributed by atoms with Crippen LogP contribution in [0.5, 0.6) is 0 Å². The quantitative estimate of drug-likeness (QED) is 0.775. The molecule has 7 nitrogen and oxygen atoms in total. The summed E-state index contributed by atoms with van der Waals surface area (Å²) in [5.41, 5.74) is -0.706. The topological polar surface area (TPSA) is 110 Å². The summed E-state index contributed by atoms with van der Waals surface area (Å²) in [6.07, 6.45) is 0. The molecular formula is C11H11ClFNO6S. The summed E-state index contributed by atoms with van der Waals surface area (Å²) in [6.45, 7) is 1.22. The number of carboxylic acids is 1. The number of rotatable bonds is 5. The van der Waals surface area contributed by atoms with Crippen molar-refractivity contribution in [1.82, 2.24) is 4.72 Å². The molecule has 116 valence electrons. The monoisotopic (exact) mass is 339 g/mol. The highest BCUT2D eigenvalue weighted by molar-refractivity contribution is 7.89. The number of sulfonamides is 1. The number of ether oxygens (including phenoxy) is 1. The molecule has 1 atom stereocenters. The van der Waals surface area contributed by atoms with E-state index in [1.54, 1.807) is 0 Å². The normalized spacial score (nSPS) is 12.8. The first-order valence-electron chi connectivity index (χ1n) is 5.42. The van der Waals surface area contributed by atoms with Crippen molar-refractivity contribution < 1.29 is 32.2 Å². The van der Waals surface area contributed by atoms with Gasteiger partial charge in [0.15, 0.2) is 0 Å². The van der Waals surface area contributed by atoms with Gasteiger partial charge in [0.25, 0.3) is 0 Å². The molecule has 0 saturated carbocycles. The van der Waals surface area contributed by atoms with Crippen molar-refractivity contribution in [2.45, 2.75) is 17.9 Å². The maximum atomic E-state index is 13.5. The van der Waals surface area contributed by atoms with Crippen LogP contribution in [0.1, 0.15) is 17.3 Å². The van der Waals surface area contributed by atoms with Gasteiger partial charge in [0.05, 0.1) is 22.6 Å². The summed E-state index contributed by atoms with van der Waals surface area (Å²) >= 11 is 5.44. The Bertz CT molecular complexity index is 690. The van der Waals surface area contributed by atoms with Gasteiger partial charge in [0, 0.05) is 0 Å². The van der Waals surface area contributed by atoms with Crippen LogP contribution in [-0.4, -0.2) is 38.6 Å². The third kappa shape index (κ3) is 3.90. The Morgan fingerprint density at radius 1 is 1.43 bits per heavy atom. The third-order valence-electron chi connectivity index (χ3n) is 2.43. The number of hydrogen-bond donors (Lipinski definition) is 2. The van der Waals surface area contributed by atoms with Crippen LogP contribution in [0.15, 0.2) is 17.0 Å². The number of nitrogens with one attached hydrogen (secondary N) is 1. The second kappa shape index (κ2) is 6.37. The van der Waals surface area contributed by atoms with Gasteiger partial charge < -0.3 is 9.84 Å². The number of methoxy groups -OCH3 is 1. The van der Waals surface area contributed by atoms with E-state index in [1.165, 1.54) is 6.92 Å². The fourth-order valence-corrected chi connectivity index (χ4v) is 2.82. The first kappa shape index (κ1) is 17.3. The second-order valence-electron chi connectivity index (χ2n) is 3.94. The average Bonchev–Trinajstić information content (AvgIpc) is 2.39. The number of aromatic carboxylic acids is 1. The molecule has 0 amide bonds. The molecule has 1 unspecified atom stereocenters. The summed E-state index contributed by atoms with van der Waals surface area (Å²) < 4.78 is 43.7. The van der Waals surface area contributed by atoms with Crippen molar-refractivity contribution in [3.63, 3.8) is 0 Å². The lowest BCUT2D eigenvalue weighted by Gasteiger charge is -2.13. The van der Waals surface area contributed by atoms with Crippen LogP contribution in [0.25, 0.3) is 0 Å². The number of carbonyl (C=O) groups excluding carboxylic acids is 1. The lowest BCUT2D eigenvalue weighted by molar-refractivity contribution is -0.142. The van der Waals surface area contributed by atoms with E-state index in [9.17, 15) is 22.4 Å². The van der Waals surface area contributed by atoms with E-state index >= 15 is 0 Å². The minimum absolute atomic E-state index is 0.557. The summed E-state index contributed by atoms with van der Waals surface area (Å²) in [6, 6.07) is 0.0216. The molecule has 1 aromatic rings. The van der Waals surface area contributed by atoms with E-state index in [4.69, 9.17) is 16.7 Å². The predicted molar refractivity (Wildman–Crippen MR) is 70.2 cm³/mol. The summed E-state index contributed by atoms with van der Waals surface area (Å²) in [7, 11) is -3.26. The van der Waals surface area contributed by atoms with Crippen molar-refractivity contribution >= 4 is 33.6 Å². The molecule has 0 radical (unpaired) electrons. The van der Waals surface area contributed by atoms with Crippen molar-refractivity contribution in [3.8, 4) is 0 Å². The fourth-order valence-electron chi connectivity index (χ4n) is 1.40. The SMILES string of the molecule is COC(=O)C(C)NS(=O)(=O)c1cc(F)c(Cl)c(C(=O)O)c1. The Kier molecular flexibility index (Phi) is 5.26. The van der Waals surface area contributed by atoms with Crippen molar-refractivity contribution in [3.05, 3.63) is 28.5 Å².